The summed E-state index contributed by atoms with van der Waals surface area (Å²) in [6.45, 7) is 12.9. The van der Waals surface area contributed by atoms with Crippen molar-refractivity contribution in [3.63, 3.8) is 0 Å². The second kappa shape index (κ2) is 6.09. The van der Waals surface area contributed by atoms with Gasteiger partial charge in [-0.15, -0.1) is 0 Å². The van der Waals surface area contributed by atoms with Gasteiger partial charge >= 0.3 is 6.16 Å². The lowest BCUT2D eigenvalue weighted by molar-refractivity contribution is -0.0238. The van der Waals surface area contributed by atoms with Crippen molar-refractivity contribution in [1.82, 2.24) is 0 Å². The first kappa shape index (κ1) is 15.2. The summed E-state index contributed by atoms with van der Waals surface area (Å²) in [6, 6.07) is 0. The minimum Gasteiger partial charge on any atom is -0.432 e. The molecular formula is C12H24O4. The van der Waals surface area contributed by atoms with Gasteiger partial charge in [0.15, 0.2) is 0 Å². The highest BCUT2D eigenvalue weighted by molar-refractivity contribution is 5.60. The Kier molecular flexibility index (Phi) is 5.79. The second-order valence-electron chi connectivity index (χ2n) is 5.93. The zero-order valence-corrected chi connectivity index (χ0v) is 11.3. The Hall–Kier alpha value is -0.770. The fourth-order valence-corrected chi connectivity index (χ4v) is 0.842. The Morgan fingerprint density at radius 2 is 1.56 bits per heavy atom. The topological polar surface area (TPSA) is 44.8 Å². The van der Waals surface area contributed by atoms with Crippen LogP contribution in [0.1, 0.15) is 41.5 Å². The molecule has 0 aliphatic heterocycles. The van der Waals surface area contributed by atoms with Gasteiger partial charge in [-0.1, -0.05) is 20.8 Å². The average molecular weight is 232 g/mol. The van der Waals surface area contributed by atoms with Gasteiger partial charge in [-0.3, -0.25) is 0 Å². The van der Waals surface area contributed by atoms with Crippen LogP contribution >= 0.6 is 0 Å². The van der Waals surface area contributed by atoms with E-state index in [2.05, 4.69) is 20.8 Å². The highest BCUT2D eigenvalue weighted by atomic mass is 16.7. The van der Waals surface area contributed by atoms with Gasteiger partial charge in [0.1, 0.15) is 12.2 Å². The second-order valence-corrected chi connectivity index (χ2v) is 5.93. The van der Waals surface area contributed by atoms with Crippen molar-refractivity contribution in [2.75, 3.05) is 19.8 Å². The Labute approximate surface area is 98.3 Å². The molecule has 0 heterocycles. The molecule has 0 bridgehead atoms. The Morgan fingerprint density at radius 1 is 1.00 bits per heavy atom. The van der Waals surface area contributed by atoms with Gasteiger partial charge in [0.2, 0.25) is 0 Å². The van der Waals surface area contributed by atoms with Crippen LogP contribution in [-0.4, -0.2) is 31.6 Å². The molecule has 0 radical (unpaired) electrons. The lowest BCUT2D eigenvalue weighted by atomic mass is 9.99. The first-order chi connectivity index (χ1) is 7.10. The molecule has 0 aromatic carbocycles. The van der Waals surface area contributed by atoms with Gasteiger partial charge in [0.05, 0.1) is 13.2 Å². The van der Waals surface area contributed by atoms with Gasteiger partial charge in [-0.05, 0) is 26.2 Å². The minimum atomic E-state index is -0.646. The molecule has 4 heteroatoms. The molecule has 0 unspecified atom stereocenters. The fraction of sp³-hybridized carbons (Fsp3) is 0.917. The lowest BCUT2D eigenvalue weighted by Gasteiger charge is -2.20. The summed E-state index contributed by atoms with van der Waals surface area (Å²) < 4.78 is 15.2. The van der Waals surface area contributed by atoms with Crippen molar-refractivity contribution in [2.24, 2.45) is 5.41 Å². The zero-order valence-electron chi connectivity index (χ0n) is 11.3. The smallest absolute Gasteiger partial charge is 0.432 e. The van der Waals surface area contributed by atoms with Crippen LogP contribution in [0.3, 0.4) is 0 Å². The van der Waals surface area contributed by atoms with Gasteiger partial charge in [0, 0.05) is 0 Å². The van der Waals surface area contributed by atoms with Crippen LogP contribution in [0.5, 0.6) is 0 Å². The van der Waals surface area contributed by atoms with Crippen molar-refractivity contribution >= 4 is 6.16 Å². The van der Waals surface area contributed by atoms with E-state index >= 15 is 0 Å². The van der Waals surface area contributed by atoms with Crippen LogP contribution in [-0.2, 0) is 14.2 Å². The van der Waals surface area contributed by atoms with E-state index in [1.807, 2.05) is 0 Å². The largest absolute Gasteiger partial charge is 0.508 e. The van der Waals surface area contributed by atoms with E-state index in [0.717, 1.165) is 0 Å². The molecule has 0 N–H and O–H groups in total. The summed E-state index contributed by atoms with van der Waals surface area (Å²) in [5.41, 5.74) is -0.380. The van der Waals surface area contributed by atoms with Crippen molar-refractivity contribution < 1.29 is 19.0 Å². The van der Waals surface area contributed by atoms with Crippen LogP contribution in [0.4, 0.5) is 4.79 Å². The summed E-state index contributed by atoms with van der Waals surface area (Å²) >= 11 is 0. The molecule has 96 valence electrons. The van der Waals surface area contributed by atoms with E-state index in [4.69, 9.17) is 14.2 Å². The molecule has 0 aliphatic rings. The Morgan fingerprint density at radius 3 is 2.00 bits per heavy atom. The fourth-order valence-electron chi connectivity index (χ4n) is 0.842. The third kappa shape index (κ3) is 11.3. The first-order valence-corrected chi connectivity index (χ1v) is 5.54. The average Bonchev–Trinajstić information content (AvgIpc) is 1.97. The van der Waals surface area contributed by atoms with E-state index in [1.165, 1.54) is 0 Å². The van der Waals surface area contributed by atoms with Gasteiger partial charge in [-0.25, -0.2) is 4.79 Å². The van der Waals surface area contributed by atoms with Crippen molar-refractivity contribution in [3.05, 3.63) is 0 Å². The molecule has 0 saturated carbocycles. The first-order valence-electron chi connectivity index (χ1n) is 5.54. The molecular weight excluding hydrogens is 208 g/mol. The van der Waals surface area contributed by atoms with Crippen molar-refractivity contribution in [3.8, 4) is 0 Å². The maximum absolute atomic E-state index is 11.1. The normalized spacial score (nSPS) is 12.4. The zero-order chi connectivity index (χ0) is 12.8. The van der Waals surface area contributed by atoms with E-state index in [0.29, 0.717) is 13.2 Å². The lowest BCUT2D eigenvalue weighted by Crippen LogP contribution is -2.25. The van der Waals surface area contributed by atoms with Crippen LogP contribution < -0.4 is 0 Å². The predicted octanol–water partition coefficient (Wildman–Crippen LogP) is 3.00. The van der Waals surface area contributed by atoms with Crippen LogP contribution in [0.15, 0.2) is 0 Å². The molecule has 0 aromatic heterocycles. The molecule has 16 heavy (non-hydrogen) atoms. The Bertz CT molecular complexity index is 210. The van der Waals surface area contributed by atoms with E-state index in [9.17, 15) is 4.79 Å². The number of carbonyl (C=O) groups is 1. The monoisotopic (exact) mass is 232 g/mol. The van der Waals surface area contributed by atoms with Gasteiger partial charge < -0.3 is 14.2 Å². The standard InChI is InChI=1S/C12H24O4/c1-11(2,3)9-14-7-8-15-10(13)16-12(4,5)6/h7-9H2,1-6H3. The van der Waals surface area contributed by atoms with E-state index in [-0.39, 0.29) is 12.0 Å². The van der Waals surface area contributed by atoms with Crippen LogP contribution in [0, 0.1) is 5.41 Å². The molecule has 0 rings (SSSR count). The maximum atomic E-state index is 11.1. The Balaban J connectivity index is 3.50. The molecule has 0 spiro atoms. The molecule has 0 amide bonds. The molecule has 0 aliphatic carbocycles. The number of hydrogen-bond acceptors (Lipinski definition) is 4. The number of rotatable bonds is 4. The molecule has 0 atom stereocenters. The van der Waals surface area contributed by atoms with Crippen molar-refractivity contribution in [1.29, 1.82) is 0 Å². The number of ether oxygens (including phenoxy) is 3. The SMILES string of the molecule is CC(C)(C)COCCOC(=O)OC(C)(C)C. The molecule has 0 fully saturated rings. The minimum absolute atomic E-state index is 0.131. The number of hydrogen-bond donors (Lipinski definition) is 0. The highest BCUT2D eigenvalue weighted by Gasteiger charge is 2.17. The maximum Gasteiger partial charge on any atom is 0.508 e. The number of carbonyl (C=O) groups excluding carboxylic acids is 1. The summed E-state index contributed by atoms with van der Waals surface area (Å²) in [7, 11) is 0. The van der Waals surface area contributed by atoms with Gasteiger partial charge in [-0.2, -0.15) is 0 Å². The summed E-state index contributed by atoms with van der Waals surface area (Å²) in [5.74, 6) is 0. The third-order valence-electron chi connectivity index (χ3n) is 1.37. The summed E-state index contributed by atoms with van der Waals surface area (Å²) in [5, 5.41) is 0. The quantitative estimate of drug-likeness (QED) is 0.552. The summed E-state index contributed by atoms with van der Waals surface area (Å²) in [4.78, 5) is 11.1. The molecule has 0 saturated heterocycles. The third-order valence-corrected chi connectivity index (χ3v) is 1.37. The predicted molar refractivity (Wildman–Crippen MR) is 62.5 cm³/mol. The molecule has 0 aromatic rings. The highest BCUT2D eigenvalue weighted by Crippen LogP contribution is 2.12. The van der Waals surface area contributed by atoms with Crippen LogP contribution in [0.2, 0.25) is 0 Å². The van der Waals surface area contributed by atoms with Crippen molar-refractivity contribution in [2.45, 2.75) is 47.1 Å². The van der Waals surface area contributed by atoms with E-state index in [1.54, 1.807) is 20.8 Å². The van der Waals surface area contributed by atoms with Crippen LogP contribution in [0.25, 0.3) is 0 Å². The summed E-state index contributed by atoms with van der Waals surface area (Å²) in [6.07, 6.45) is -0.646. The van der Waals surface area contributed by atoms with E-state index < -0.39 is 11.8 Å². The van der Waals surface area contributed by atoms with Gasteiger partial charge in [0.25, 0.3) is 0 Å². The molecule has 4 nitrogen and oxygen atoms in total.